The third-order valence-corrected chi connectivity index (χ3v) is 5.56. The van der Waals surface area contributed by atoms with Crippen LogP contribution in [0.3, 0.4) is 0 Å². The Morgan fingerprint density at radius 1 is 1.27 bits per heavy atom. The second kappa shape index (κ2) is 7.08. The standard InChI is InChI=1S/C21H26N4O/c1-3-18-15(2)22-20-13-19(23-25(20)21(18)26)17-10-12-24(14-17)11-9-16-7-5-4-6-8-16/h4-8,13,17,23H,3,9-12,14H2,1-2H3/t17-/m0/s1. The average molecular weight is 350 g/mol. The lowest BCUT2D eigenvalue weighted by Gasteiger charge is -2.15. The molecule has 0 aliphatic carbocycles. The first-order chi connectivity index (χ1) is 12.7. The van der Waals surface area contributed by atoms with Gasteiger partial charge >= 0.3 is 0 Å². The number of aromatic nitrogens is 3. The van der Waals surface area contributed by atoms with Crippen molar-refractivity contribution >= 4 is 5.65 Å². The summed E-state index contributed by atoms with van der Waals surface area (Å²) >= 11 is 0. The number of likely N-dealkylation sites (tertiary alicyclic amines) is 1. The van der Waals surface area contributed by atoms with E-state index in [2.05, 4.69) is 51.4 Å². The minimum Gasteiger partial charge on any atom is -0.302 e. The number of aryl methyl sites for hydroxylation is 1. The SMILES string of the molecule is CCc1c(C)nc2cc([C@H]3CCN(CCc4ccccc4)C3)[nH]n2c1=O. The van der Waals surface area contributed by atoms with Crippen LogP contribution in [0, 0.1) is 6.92 Å². The highest BCUT2D eigenvalue weighted by atomic mass is 16.1. The molecule has 1 N–H and O–H groups in total. The maximum Gasteiger partial charge on any atom is 0.276 e. The molecule has 1 atom stereocenters. The van der Waals surface area contributed by atoms with E-state index in [9.17, 15) is 4.79 Å². The molecule has 5 nitrogen and oxygen atoms in total. The molecule has 136 valence electrons. The molecule has 26 heavy (non-hydrogen) atoms. The molecule has 0 unspecified atom stereocenters. The second-order valence-electron chi connectivity index (χ2n) is 7.26. The Morgan fingerprint density at radius 3 is 2.85 bits per heavy atom. The largest absolute Gasteiger partial charge is 0.302 e. The van der Waals surface area contributed by atoms with Crippen molar-refractivity contribution in [1.82, 2.24) is 19.5 Å². The predicted octanol–water partition coefficient (Wildman–Crippen LogP) is 2.93. The zero-order chi connectivity index (χ0) is 18.1. The first-order valence-electron chi connectivity index (χ1n) is 9.53. The normalized spacial score (nSPS) is 18.0. The number of nitrogens with zero attached hydrogens (tertiary/aromatic N) is 3. The summed E-state index contributed by atoms with van der Waals surface area (Å²) in [6, 6.07) is 12.7. The lowest BCUT2D eigenvalue weighted by Crippen LogP contribution is -2.23. The summed E-state index contributed by atoms with van der Waals surface area (Å²) in [5, 5.41) is 3.32. The number of rotatable bonds is 5. The van der Waals surface area contributed by atoms with Gasteiger partial charge in [0.05, 0.1) is 0 Å². The van der Waals surface area contributed by atoms with E-state index in [-0.39, 0.29) is 5.56 Å². The van der Waals surface area contributed by atoms with Crippen LogP contribution in [-0.4, -0.2) is 39.1 Å². The van der Waals surface area contributed by atoms with E-state index in [0.717, 1.165) is 55.1 Å². The van der Waals surface area contributed by atoms with Gasteiger partial charge in [0.2, 0.25) is 0 Å². The van der Waals surface area contributed by atoms with E-state index in [0.29, 0.717) is 12.3 Å². The molecule has 0 bridgehead atoms. The van der Waals surface area contributed by atoms with Crippen molar-refractivity contribution in [3.8, 4) is 0 Å². The summed E-state index contributed by atoms with van der Waals surface area (Å²) in [6.45, 7) is 7.15. The highest BCUT2D eigenvalue weighted by Gasteiger charge is 2.25. The van der Waals surface area contributed by atoms with Crippen LogP contribution in [0.25, 0.3) is 5.65 Å². The number of fused-ring (bicyclic) bond motifs is 1. The van der Waals surface area contributed by atoms with Gasteiger partial charge in [-0.2, -0.15) is 0 Å². The summed E-state index contributed by atoms with van der Waals surface area (Å²) < 4.78 is 1.62. The molecule has 0 spiro atoms. The fraction of sp³-hybridized carbons (Fsp3) is 0.429. The lowest BCUT2D eigenvalue weighted by molar-refractivity contribution is 0.338. The molecule has 1 aliphatic heterocycles. The van der Waals surface area contributed by atoms with Crippen molar-refractivity contribution in [3.05, 3.63) is 69.3 Å². The van der Waals surface area contributed by atoms with Crippen LogP contribution >= 0.6 is 0 Å². The molecular weight excluding hydrogens is 324 g/mol. The molecule has 0 saturated carbocycles. The molecule has 3 heterocycles. The maximum atomic E-state index is 12.6. The van der Waals surface area contributed by atoms with E-state index in [4.69, 9.17) is 0 Å². The van der Waals surface area contributed by atoms with Crippen LogP contribution in [0.2, 0.25) is 0 Å². The number of hydrogen-bond donors (Lipinski definition) is 1. The number of aromatic amines is 1. The predicted molar refractivity (Wildman–Crippen MR) is 104 cm³/mol. The van der Waals surface area contributed by atoms with E-state index >= 15 is 0 Å². The fourth-order valence-electron chi connectivity index (χ4n) is 4.03. The first-order valence-corrected chi connectivity index (χ1v) is 9.53. The monoisotopic (exact) mass is 350 g/mol. The van der Waals surface area contributed by atoms with Crippen molar-refractivity contribution in [2.24, 2.45) is 0 Å². The van der Waals surface area contributed by atoms with Crippen molar-refractivity contribution in [2.75, 3.05) is 19.6 Å². The summed E-state index contributed by atoms with van der Waals surface area (Å²) in [6.07, 6.45) is 2.92. The number of H-pyrrole nitrogens is 1. The molecular formula is C21H26N4O. The molecule has 1 fully saturated rings. The van der Waals surface area contributed by atoms with Crippen LogP contribution in [0.15, 0.2) is 41.2 Å². The molecule has 0 amide bonds. The summed E-state index contributed by atoms with van der Waals surface area (Å²) in [7, 11) is 0. The van der Waals surface area contributed by atoms with Crippen molar-refractivity contribution in [3.63, 3.8) is 0 Å². The third kappa shape index (κ3) is 3.19. The second-order valence-corrected chi connectivity index (χ2v) is 7.26. The maximum absolute atomic E-state index is 12.6. The Bertz CT molecular complexity index is 957. The summed E-state index contributed by atoms with van der Waals surface area (Å²) in [4.78, 5) is 19.7. The smallest absolute Gasteiger partial charge is 0.276 e. The first kappa shape index (κ1) is 17.0. The van der Waals surface area contributed by atoms with Crippen molar-refractivity contribution in [2.45, 2.75) is 39.0 Å². The number of hydrogen-bond acceptors (Lipinski definition) is 3. The van der Waals surface area contributed by atoms with E-state index in [1.165, 1.54) is 5.56 Å². The molecule has 0 radical (unpaired) electrons. The highest BCUT2D eigenvalue weighted by Crippen LogP contribution is 2.26. The molecule has 1 aromatic carbocycles. The third-order valence-electron chi connectivity index (χ3n) is 5.56. The van der Waals surface area contributed by atoms with Gasteiger partial charge in [0.1, 0.15) is 0 Å². The summed E-state index contributed by atoms with van der Waals surface area (Å²) in [5.41, 5.74) is 4.94. The molecule has 5 heteroatoms. The van der Waals surface area contributed by atoms with Gasteiger partial charge in [0.25, 0.3) is 5.56 Å². The van der Waals surface area contributed by atoms with Gasteiger partial charge in [0, 0.05) is 42.0 Å². The van der Waals surface area contributed by atoms with Crippen molar-refractivity contribution < 1.29 is 0 Å². The highest BCUT2D eigenvalue weighted by molar-refractivity contribution is 5.42. The van der Waals surface area contributed by atoms with Gasteiger partial charge in [-0.05, 0) is 38.3 Å². The Balaban J connectivity index is 1.48. The van der Waals surface area contributed by atoms with Crippen LogP contribution in [0.5, 0.6) is 0 Å². The minimum absolute atomic E-state index is 0.0418. The fourth-order valence-corrected chi connectivity index (χ4v) is 4.03. The molecule has 4 rings (SSSR count). The Labute approximate surface area is 153 Å². The number of nitrogens with one attached hydrogen (secondary N) is 1. The summed E-state index contributed by atoms with van der Waals surface area (Å²) in [5.74, 6) is 0.442. The minimum atomic E-state index is 0.0418. The van der Waals surface area contributed by atoms with E-state index in [1.807, 2.05) is 13.8 Å². The van der Waals surface area contributed by atoms with Crippen molar-refractivity contribution in [1.29, 1.82) is 0 Å². The molecule has 1 aliphatic rings. The molecule has 2 aromatic heterocycles. The number of benzene rings is 1. The van der Waals surface area contributed by atoms with Gasteiger partial charge < -0.3 is 4.90 Å². The van der Waals surface area contributed by atoms with Gasteiger partial charge in [-0.25, -0.2) is 9.50 Å². The zero-order valence-corrected chi connectivity index (χ0v) is 15.5. The van der Waals surface area contributed by atoms with Crippen LogP contribution in [0.1, 0.15) is 41.8 Å². The lowest BCUT2D eigenvalue weighted by atomic mass is 10.1. The molecule has 3 aromatic rings. The van der Waals surface area contributed by atoms with E-state index < -0.39 is 0 Å². The van der Waals surface area contributed by atoms with Gasteiger partial charge in [-0.3, -0.25) is 9.89 Å². The quantitative estimate of drug-likeness (QED) is 0.770. The Kier molecular flexibility index (Phi) is 4.64. The van der Waals surface area contributed by atoms with Gasteiger partial charge in [-0.1, -0.05) is 37.3 Å². The van der Waals surface area contributed by atoms with Crippen LogP contribution in [0.4, 0.5) is 0 Å². The van der Waals surface area contributed by atoms with Gasteiger partial charge in [-0.15, -0.1) is 0 Å². The Hall–Kier alpha value is -2.40. The van der Waals surface area contributed by atoms with E-state index in [1.54, 1.807) is 4.52 Å². The molecule has 1 saturated heterocycles. The average Bonchev–Trinajstić information content (AvgIpc) is 3.28. The Morgan fingerprint density at radius 2 is 2.08 bits per heavy atom. The van der Waals surface area contributed by atoms with Crippen LogP contribution < -0.4 is 5.56 Å². The topological polar surface area (TPSA) is 53.4 Å². The van der Waals surface area contributed by atoms with Crippen LogP contribution in [-0.2, 0) is 12.8 Å². The zero-order valence-electron chi connectivity index (χ0n) is 15.5. The van der Waals surface area contributed by atoms with Gasteiger partial charge in [0.15, 0.2) is 5.65 Å².